The van der Waals surface area contributed by atoms with Gasteiger partial charge in [0.15, 0.2) is 5.58 Å². The third-order valence-corrected chi connectivity index (χ3v) is 6.32. The molecule has 3 aromatic carbocycles. The van der Waals surface area contributed by atoms with E-state index in [9.17, 15) is 0 Å². The minimum absolute atomic E-state index is 0.0880. The zero-order valence-electron chi connectivity index (χ0n) is 26.4. The number of rotatable bonds is 2. The molecule has 0 radical (unpaired) electrons. The highest BCUT2D eigenvalue weighted by Crippen LogP contribution is 2.39. The molecular weight excluding hydrogens is 444 g/mol. The molecule has 182 valence electrons. The van der Waals surface area contributed by atoms with Crippen molar-refractivity contribution in [2.75, 3.05) is 0 Å². The first-order valence-corrected chi connectivity index (χ1v) is 12.2. The molecule has 4 heteroatoms. The van der Waals surface area contributed by atoms with E-state index >= 15 is 0 Å². The molecule has 0 spiro atoms. The van der Waals surface area contributed by atoms with Crippen molar-refractivity contribution in [1.29, 1.82) is 0 Å². The molecule has 0 aliphatic carbocycles. The van der Waals surface area contributed by atoms with Crippen LogP contribution < -0.4 is 0 Å². The summed E-state index contributed by atoms with van der Waals surface area (Å²) < 4.78 is 54.6. The van der Waals surface area contributed by atoms with Crippen LogP contribution in [0, 0.1) is 12.3 Å². The van der Waals surface area contributed by atoms with Crippen molar-refractivity contribution in [2.24, 2.45) is 5.41 Å². The first-order chi connectivity index (χ1) is 19.0. The fraction of sp³-hybridized carbons (Fsp3) is 0.312. The first-order valence-electron chi connectivity index (χ1n) is 14.7. The lowest BCUT2D eigenvalue weighted by atomic mass is 9.86. The Hall–Kier alpha value is -3.66. The lowest BCUT2D eigenvalue weighted by Crippen LogP contribution is -2.10. The van der Waals surface area contributed by atoms with Crippen LogP contribution in [-0.2, 0) is 11.8 Å². The van der Waals surface area contributed by atoms with E-state index in [0.29, 0.717) is 33.9 Å². The van der Waals surface area contributed by atoms with Crippen molar-refractivity contribution in [2.45, 2.75) is 60.2 Å². The summed E-state index contributed by atoms with van der Waals surface area (Å²) in [5.74, 6) is 0.671. The van der Waals surface area contributed by atoms with Crippen molar-refractivity contribution in [3.8, 4) is 11.3 Å². The van der Waals surface area contributed by atoms with Crippen molar-refractivity contribution in [1.82, 2.24) is 9.97 Å². The summed E-state index contributed by atoms with van der Waals surface area (Å²) in [7, 11) is 0. The van der Waals surface area contributed by atoms with Gasteiger partial charge in [0, 0.05) is 40.2 Å². The van der Waals surface area contributed by atoms with Crippen LogP contribution in [0.2, 0.25) is 0 Å². The number of furan rings is 1. The van der Waals surface area contributed by atoms with Crippen LogP contribution in [0.15, 0.2) is 63.6 Å². The number of fused-ring (bicyclic) bond motifs is 6. The largest absolute Gasteiger partial charge is 0.455 e. The fourth-order valence-electron chi connectivity index (χ4n) is 4.63. The van der Waals surface area contributed by atoms with E-state index in [1.54, 1.807) is 26.8 Å². The van der Waals surface area contributed by atoms with Gasteiger partial charge in [-0.1, -0.05) is 59.7 Å². The second kappa shape index (κ2) is 7.67. The topological polar surface area (TPSA) is 52.1 Å². The Kier molecular flexibility index (Phi) is 3.77. The molecule has 6 rings (SSSR count). The van der Waals surface area contributed by atoms with Crippen LogP contribution in [0.25, 0.3) is 55.1 Å². The number of aromatic nitrogens is 2. The number of hydrogen-bond acceptors (Lipinski definition) is 4. The normalized spacial score (nSPS) is 15.8. The predicted octanol–water partition coefficient (Wildman–Crippen LogP) is 9.14. The number of benzene rings is 3. The summed E-state index contributed by atoms with van der Waals surface area (Å²) in [4.78, 5) is 9.21. The van der Waals surface area contributed by atoms with Gasteiger partial charge in [0.1, 0.15) is 16.7 Å². The number of pyridine rings is 1. The quantitative estimate of drug-likeness (QED) is 0.247. The standard InChI is InChI=1S/C32H32N2O2/c1-18-17-33-26(14-20(18)16-31(2,3)4)22-10-8-9-21-24-13-19-11-12-25-29(36-30(34-25)32(5,6)7)23(19)15-27(24)35-28(21)22/h8-15,17H,16H2,1-7H3/i1D3,16D2. The molecule has 0 saturated heterocycles. The van der Waals surface area contributed by atoms with E-state index in [0.717, 1.165) is 27.1 Å². The zero-order chi connectivity index (χ0) is 29.7. The number of oxazole rings is 1. The molecule has 36 heavy (non-hydrogen) atoms. The van der Waals surface area contributed by atoms with Crippen molar-refractivity contribution < 1.29 is 15.7 Å². The molecule has 4 nitrogen and oxygen atoms in total. The van der Waals surface area contributed by atoms with Crippen LogP contribution in [0.3, 0.4) is 0 Å². The Balaban J connectivity index is 1.59. The third kappa shape index (κ3) is 3.76. The van der Waals surface area contributed by atoms with E-state index in [1.807, 2.05) is 36.4 Å². The fourth-order valence-corrected chi connectivity index (χ4v) is 4.63. The highest BCUT2D eigenvalue weighted by atomic mass is 16.4. The lowest BCUT2D eigenvalue weighted by molar-refractivity contribution is 0.410. The molecule has 0 amide bonds. The van der Waals surface area contributed by atoms with Crippen LogP contribution in [0.4, 0.5) is 0 Å². The van der Waals surface area contributed by atoms with Gasteiger partial charge in [-0.2, -0.15) is 0 Å². The zero-order valence-corrected chi connectivity index (χ0v) is 21.4. The van der Waals surface area contributed by atoms with Gasteiger partial charge in [-0.15, -0.1) is 0 Å². The van der Waals surface area contributed by atoms with Gasteiger partial charge in [0.25, 0.3) is 0 Å². The molecule has 3 heterocycles. The molecule has 0 fully saturated rings. The summed E-state index contributed by atoms with van der Waals surface area (Å²) in [5, 5.41) is 3.71. The molecule has 0 aliphatic heterocycles. The smallest absolute Gasteiger partial charge is 0.200 e. The summed E-state index contributed by atoms with van der Waals surface area (Å²) in [6.45, 7) is 8.97. The van der Waals surface area contributed by atoms with Crippen LogP contribution >= 0.6 is 0 Å². The molecule has 0 N–H and O–H groups in total. The van der Waals surface area contributed by atoms with E-state index in [1.165, 1.54) is 6.20 Å². The Morgan fingerprint density at radius 1 is 0.889 bits per heavy atom. The molecule has 6 aromatic rings. The van der Waals surface area contributed by atoms with Crippen molar-refractivity contribution in [3.05, 3.63) is 71.7 Å². The van der Waals surface area contributed by atoms with Crippen molar-refractivity contribution in [3.63, 3.8) is 0 Å². The van der Waals surface area contributed by atoms with Gasteiger partial charge in [-0.05, 0) is 65.5 Å². The van der Waals surface area contributed by atoms with Gasteiger partial charge in [-0.3, -0.25) is 4.98 Å². The van der Waals surface area contributed by atoms with Gasteiger partial charge >= 0.3 is 0 Å². The van der Waals surface area contributed by atoms with Crippen LogP contribution in [0.5, 0.6) is 0 Å². The van der Waals surface area contributed by atoms with E-state index in [-0.39, 0.29) is 16.5 Å². The summed E-state index contributed by atoms with van der Waals surface area (Å²) in [6, 6.07) is 15.4. The second-order valence-corrected chi connectivity index (χ2v) is 11.5. The van der Waals surface area contributed by atoms with Crippen LogP contribution in [-0.4, -0.2) is 9.97 Å². The highest BCUT2D eigenvalue weighted by Gasteiger charge is 2.23. The molecule has 0 unspecified atom stereocenters. The van der Waals surface area contributed by atoms with Gasteiger partial charge < -0.3 is 8.83 Å². The molecule has 3 aromatic heterocycles. The Morgan fingerprint density at radius 3 is 2.47 bits per heavy atom. The third-order valence-electron chi connectivity index (χ3n) is 6.32. The minimum Gasteiger partial charge on any atom is -0.455 e. The minimum atomic E-state index is -2.51. The maximum Gasteiger partial charge on any atom is 0.200 e. The number of nitrogens with zero attached hydrogens (tertiary/aromatic N) is 2. The number of hydrogen-bond donors (Lipinski definition) is 0. The monoisotopic (exact) mass is 481 g/mol. The first kappa shape index (κ1) is 17.7. The maximum absolute atomic E-state index is 8.89. The highest BCUT2D eigenvalue weighted by molar-refractivity contribution is 6.16. The summed E-state index contributed by atoms with van der Waals surface area (Å²) in [6.07, 6.45) is -0.646. The molecule has 0 aliphatic rings. The summed E-state index contributed by atoms with van der Waals surface area (Å²) >= 11 is 0. The molecule has 0 bridgehead atoms. The number of aryl methyl sites for hydroxylation is 1. The van der Waals surface area contributed by atoms with Crippen molar-refractivity contribution >= 4 is 43.8 Å². The second-order valence-electron chi connectivity index (χ2n) is 11.5. The SMILES string of the molecule is [2H]C([2H])([2H])c1cnc(-c2cccc3c2oc2cc4c(ccc5nc(C(C)(C)C)oc54)cc23)cc1C([2H])([2H])C(C)(C)C. The van der Waals surface area contributed by atoms with Gasteiger partial charge in [0.05, 0.1) is 5.69 Å². The average Bonchev–Trinajstić information content (AvgIpc) is 3.47. The molecule has 0 saturated carbocycles. The Labute approximate surface area is 218 Å². The molecule has 0 atom stereocenters. The van der Waals surface area contributed by atoms with Crippen LogP contribution in [0.1, 0.15) is 65.4 Å². The maximum atomic E-state index is 8.89. The van der Waals surface area contributed by atoms with E-state index in [4.69, 9.17) is 20.7 Å². The Bertz CT molecular complexity index is 1990. The number of para-hydroxylation sites is 1. The van der Waals surface area contributed by atoms with E-state index in [2.05, 4.69) is 31.8 Å². The Morgan fingerprint density at radius 2 is 1.72 bits per heavy atom. The van der Waals surface area contributed by atoms with Gasteiger partial charge in [-0.25, -0.2) is 4.98 Å². The molecular formula is C32H32N2O2. The summed E-state index contributed by atoms with van der Waals surface area (Å²) in [5.41, 5.74) is 2.82. The predicted molar refractivity (Wildman–Crippen MR) is 149 cm³/mol. The average molecular weight is 482 g/mol. The lowest BCUT2D eigenvalue weighted by Gasteiger charge is -2.20. The van der Waals surface area contributed by atoms with E-state index < -0.39 is 18.6 Å². The van der Waals surface area contributed by atoms with Gasteiger partial charge in [0.2, 0.25) is 5.89 Å².